The van der Waals surface area contributed by atoms with Gasteiger partial charge in [0.05, 0.1) is 6.54 Å². The van der Waals surface area contributed by atoms with Gasteiger partial charge >= 0.3 is 6.03 Å². The van der Waals surface area contributed by atoms with Crippen molar-refractivity contribution in [2.45, 2.75) is 26.2 Å². The van der Waals surface area contributed by atoms with Crippen molar-refractivity contribution in [3.63, 3.8) is 0 Å². The Kier molecular flexibility index (Phi) is 7.31. The fraction of sp³-hybridized carbons (Fsp3) is 0.471. The van der Waals surface area contributed by atoms with Gasteiger partial charge in [0.2, 0.25) is 5.13 Å². The molecule has 0 saturated carbocycles. The fourth-order valence-electron chi connectivity index (χ4n) is 2.06. The quantitative estimate of drug-likeness (QED) is 0.709. The molecule has 1 heterocycles. The summed E-state index contributed by atoms with van der Waals surface area (Å²) in [6.45, 7) is 4.20. The zero-order valence-corrected chi connectivity index (χ0v) is 16.4. The van der Waals surface area contributed by atoms with E-state index in [1.54, 1.807) is 7.05 Å². The molecule has 8 nitrogen and oxygen atoms in total. The van der Waals surface area contributed by atoms with Gasteiger partial charge in [-0.25, -0.2) is 4.79 Å². The second kappa shape index (κ2) is 9.46. The molecule has 1 aromatic carbocycles. The molecule has 0 bridgehead atoms. The first-order valence-electron chi connectivity index (χ1n) is 8.07. The Morgan fingerprint density at radius 1 is 1.23 bits per heavy atom. The Bertz CT molecular complexity index is 703. The van der Waals surface area contributed by atoms with Crippen LogP contribution in [0, 0.1) is 6.92 Å². The Labute approximate surface area is 157 Å². The minimum Gasteiger partial charge on any atom is -0.483 e. The number of urea groups is 1. The van der Waals surface area contributed by atoms with Gasteiger partial charge in [-0.3, -0.25) is 5.32 Å². The Balaban J connectivity index is 1.91. The molecule has 1 aromatic heterocycles. The van der Waals surface area contributed by atoms with Crippen molar-refractivity contribution in [1.29, 1.82) is 0 Å². The molecule has 0 fully saturated rings. The number of amides is 2. The Morgan fingerprint density at radius 3 is 2.50 bits per heavy atom. The molecular formula is C17H24N4O4S. The summed E-state index contributed by atoms with van der Waals surface area (Å²) in [7, 11) is 4.68. The standard InChI is InChI=1S/C17H24N4O4S/c1-11-6-8-13(9-7-11)25-12(2)15-19-20-16(26-15)18-17(22)21(3)10-14(23-4)24-5/h6-9,12,14H,10H2,1-5H3,(H,18,20,22). The van der Waals surface area contributed by atoms with Crippen molar-refractivity contribution in [3.8, 4) is 5.75 Å². The molecule has 26 heavy (non-hydrogen) atoms. The smallest absolute Gasteiger partial charge is 0.323 e. The summed E-state index contributed by atoms with van der Waals surface area (Å²) in [6, 6.07) is 7.46. The lowest BCUT2D eigenvalue weighted by molar-refractivity contribution is -0.108. The van der Waals surface area contributed by atoms with E-state index < -0.39 is 6.29 Å². The normalized spacial score (nSPS) is 12.1. The Hall–Kier alpha value is -2.23. The summed E-state index contributed by atoms with van der Waals surface area (Å²) in [5.41, 5.74) is 1.17. The molecule has 0 spiro atoms. The van der Waals surface area contributed by atoms with Crippen molar-refractivity contribution in [2.75, 3.05) is 33.1 Å². The second-order valence-electron chi connectivity index (χ2n) is 5.73. The van der Waals surface area contributed by atoms with Crippen LogP contribution in [0.25, 0.3) is 0 Å². The molecule has 142 valence electrons. The van der Waals surface area contributed by atoms with Crippen LogP contribution in [0.15, 0.2) is 24.3 Å². The lowest BCUT2D eigenvalue weighted by Gasteiger charge is -2.21. The van der Waals surface area contributed by atoms with Crippen LogP contribution in [-0.2, 0) is 9.47 Å². The third-order valence-electron chi connectivity index (χ3n) is 3.63. The predicted octanol–water partition coefficient (Wildman–Crippen LogP) is 3.07. The summed E-state index contributed by atoms with van der Waals surface area (Å²) in [5, 5.41) is 11.9. The SMILES string of the molecule is COC(CN(C)C(=O)Nc1nnc(C(C)Oc2ccc(C)cc2)s1)OC. The van der Waals surface area contributed by atoms with Crippen molar-refractivity contribution >= 4 is 22.5 Å². The van der Waals surface area contributed by atoms with E-state index in [9.17, 15) is 4.79 Å². The van der Waals surface area contributed by atoms with Crippen LogP contribution >= 0.6 is 11.3 Å². The number of benzene rings is 1. The van der Waals surface area contributed by atoms with Gasteiger partial charge in [-0.15, -0.1) is 10.2 Å². The first kappa shape index (κ1) is 20.1. The molecule has 0 radical (unpaired) electrons. The topological polar surface area (TPSA) is 85.8 Å². The van der Waals surface area contributed by atoms with Crippen LogP contribution in [-0.4, -0.2) is 55.2 Å². The number of anilines is 1. The molecule has 1 unspecified atom stereocenters. The number of aryl methyl sites for hydroxylation is 1. The van der Waals surface area contributed by atoms with Gasteiger partial charge in [0.25, 0.3) is 0 Å². The summed E-state index contributed by atoms with van der Waals surface area (Å²) < 4.78 is 16.0. The van der Waals surface area contributed by atoms with Crippen LogP contribution < -0.4 is 10.1 Å². The van der Waals surface area contributed by atoms with E-state index in [1.165, 1.54) is 36.0 Å². The number of hydrogen-bond donors (Lipinski definition) is 1. The van der Waals surface area contributed by atoms with E-state index in [1.807, 2.05) is 38.1 Å². The number of carbonyl (C=O) groups excluding carboxylic acids is 1. The molecule has 0 saturated heterocycles. The highest BCUT2D eigenvalue weighted by Crippen LogP contribution is 2.26. The molecule has 9 heteroatoms. The maximum Gasteiger partial charge on any atom is 0.323 e. The molecule has 0 aliphatic rings. The maximum atomic E-state index is 12.2. The first-order chi connectivity index (χ1) is 12.4. The highest BCUT2D eigenvalue weighted by Gasteiger charge is 2.18. The third kappa shape index (κ3) is 5.65. The largest absolute Gasteiger partial charge is 0.483 e. The number of nitrogens with zero attached hydrogens (tertiary/aromatic N) is 3. The molecule has 2 rings (SSSR count). The van der Waals surface area contributed by atoms with Crippen LogP contribution in [0.3, 0.4) is 0 Å². The van der Waals surface area contributed by atoms with E-state index in [0.29, 0.717) is 10.1 Å². The number of rotatable bonds is 8. The zero-order valence-electron chi connectivity index (χ0n) is 15.6. The first-order valence-corrected chi connectivity index (χ1v) is 8.89. The van der Waals surface area contributed by atoms with Gasteiger partial charge in [0.15, 0.2) is 11.3 Å². The second-order valence-corrected chi connectivity index (χ2v) is 6.74. The van der Waals surface area contributed by atoms with E-state index in [-0.39, 0.29) is 18.7 Å². The zero-order chi connectivity index (χ0) is 19.1. The van der Waals surface area contributed by atoms with Crippen molar-refractivity contribution in [3.05, 3.63) is 34.8 Å². The fourth-order valence-corrected chi connectivity index (χ4v) is 2.77. The minimum atomic E-state index is -0.487. The van der Waals surface area contributed by atoms with Crippen LogP contribution in [0.1, 0.15) is 23.6 Å². The number of methoxy groups -OCH3 is 2. The van der Waals surface area contributed by atoms with Crippen molar-refractivity contribution in [1.82, 2.24) is 15.1 Å². The monoisotopic (exact) mass is 380 g/mol. The highest BCUT2D eigenvalue weighted by atomic mass is 32.1. The van der Waals surface area contributed by atoms with Crippen LogP contribution in [0.2, 0.25) is 0 Å². The average molecular weight is 380 g/mol. The van der Waals surface area contributed by atoms with Crippen molar-refractivity contribution < 1.29 is 19.0 Å². The maximum absolute atomic E-state index is 12.2. The molecular weight excluding hydrogens is 356 g/mol. The van der Waals surface area contributed by atoms with Gasteiger partial charge in [-0.05, 0) is 26.0 Å². The molecule has 0 aliphatic carbocycles. The van der Waals surface area contributed by atoms with E-state index >= 15 is 0 Å². The summed E-state index contributed by atoms with van der Waals surface area (Å²) in [6.07, 6.45) is -0.761. The molecule has 1 atom stereocenters. The van der Waals surface area contributed by atoms with Gasteiger partial charge in [0, 0.05) is 21.3 Å². The number of aromatic nitrogens is 2. The summed E-state index contributed by atoms with van der Waals surface area (Å²) >= 11 is 1.27. The lowest BCUT2D eigenvalue weighted by Crippen LogP contribution is -2.38. The number of ether oxygens (including phenoxy) is 3. The van der Waals surface area contributed by atoms with E-state index in [2.05, 4.69) is 15.5 Å². The molecule has 2 aromatic rings. The van der Waals surface area contributed by atoms with E-state index in [0.717, 1.165) is 5.75 Å². The van der Waals surface area contributed by atoms with Crippen LogP contribution in [0.4, 0.5) is 9.93 Å². The predicted molar refractivity (Wildman–Crippen MR) is 99.6 cm³/mol. The van der Waals surface area contributed by atoms with Gasteiger partial charge < -0.3 is 19.1 Å². The number of hydrogen-bond acceptors (Lipinski definition) is 7. The third-order valence-corrected chi connectivity index (χ3v) is 4.63. The minimum absolute atomic E-state index is 0.273. The van der Waals surface area contributed by atoms with Crippen LogP contribution in [0.5, 0.6) is 5.75 Å². The molecule has 1 N–H and O–H groups in total. The highest BCUT2D eigenvalue weighted by molar-refractivity contribution is 7.15. The van der Waals surface area contributed by atoms with Gasteiger partial charge in [0.1, 0.15) is 11.9 Å². The molecule has 0 aliphatic heterocycles. The Morgan fingerprint density at radius 2 is 1.88 bits per heavy atom. The summed E-state index contributed by atoms with van der Waals surface area (Å²) in [5.74, 6) is 0.758. The van der Waals surface area contributed by atoms with Gasteiger partial charge in [-0.2, -0.15) is 0 Å². The number of likely N-dealkylation sites (N-methyl/N-ethyl adjacent to an activating group) is 1. The summed E-state index contributed by atoms with van der Waals surface area (Å²) in [4.78, 5) is 13.6. The average Bonchev–Trinajstić information content (AvgIpc) is 3.10. The lowest BCUT2D eigenvalue weighted by atomic mass is 10.2. The van der Waals surface area contributed by atoms with Gasteiger partial charge in [-0.1, -0.05) is 29.0 Å². The number of nitrogens with one attached hydrogen (secondary N) is 1. The van der Waals surface area contributed by atoms with E-state index in [4.69, 9.17) is 14.2 Å². The van der Waals surface area contributed by atoms with Crippen molar-refractivity contribution in [2.24, 2.45) is 0 Å². The molecule has 2 amide bonds. The number of carbonyl (C=O) groups is 1.